The van der Waals surface area contributed by atoms with Crippen molar-refractivity contribution in [3.63, 3.8) is 0 Å². The van der Waals surface area contributed by atoms with Crippen molar-refractivity contribution in [1.82, 2.24) is 0 Å². The van der Waals surface area contributed by atoms with E-state index in [4.69, 9.17) is 32.7 Å². The minimum absolute atomic E-state index is 0.0831. The lowest BCUT2D eigenvalue weighted by Gasteiger charge is -2.19. The highest BCUT2D eigenvalue weighted by molar-refractivity contribution is 6.53. The van der Waals surface area contributed by atoms with Crippen LogP contribution in [-0.2, 0) is 14.3 Å². The largest absolute Gasteiger partial charge is 0.494 e. The van der Waals surface area contributed by atoms with Crippen LogP contribution in [0.2, 0.25) is 5.02 Å². The number of benzene rings is 2. The number of nitrogens with one attached hydrogen (secondary N) is 1. The van der Waals surface area contributed by atoms with Crippen LogP contribution in [-0.4, -0.2) is 31.5 Å². The Balaban J connectivity index is 1.88. The number of amides is 2. The van der Waals surface area contributed by atoms with Gasteiger partial charge in [-0.2, -0.15) is 0 Å². The molecule has 0 bridgehead atoms. The van der Waals surface area contributed by atoms with Gasteiger partial charge in [0.2, 0.25) is 0 Å². The van der Waals surface area contributed by atoms with E-state index in [-0.39, 0.29) is 28.8 Å². The Morgan fingerprint density at radius 1 is 1.10 bits per heavy atom. The van der Waals surface area contributed by atoms with Crippen LogP contribution < -0.4 is 15.0 Å². The number of hydrogen-bond acceptors (Lipinski definition) is 6. The zero-order valence-electron chi connectivity index (χ0n) is 16.4. The summed E-state index contributed by atoms with van der Waals surface area (Å²) in [7, 11) is 1.41. The van der Waals surface area contributed by atoms with Gasteiger partial charge >= 0.3 is 5.97 Å². The number of rotatable bonds is 6. The molecule has 1 aliphatic heterocycles. The number of halogens is 2. The lowest BCUT2D eigenvalue weighted by atomic mass is 10.2. The smallest absolute Gasteiger partial charge is 0.338 e. The van der Waals surface area contributed by atoms with Gasteiger partial charge in [0, 0.05) is 16.8 Å². The van der Waals surface area contributed by atoms with E-state index in [1.165, 1.54) is 13.2 Å². The highest BCUT2D eigenvalue weighted by atomic mass is 35.5. The monoisotopic (exact) mass is 448 g/mol. The van der Waals surface area contributed by atoms with E-state index in [0.717, 1.165) is 4.90 Å². The molecule has 0 aliphatic carbocycles. The number of ether oxygens (including phenoxy) is 2. The van der Waals surface area contributed by atoms with Gasteiger partial charge in [0.1, 0.15) is 16.5 Å². The number of carbonyl (C=O) groups excluding carboxylic acids is 3. The molecule has 1 heterocycles. The van der Waals surface area contributed by atoms with Crippen molar-refractivity contribution < 1.29 is 23.9 Å². The molecule has 3 rings (SSSR count). The number of imide groups is 1. The average Bonchev–Trinajstić information content (AvgIpc) is 2.93. The van der Waals surface area contributed by atoms with Crippen LogP contribution in [0.5, 0.6) is 5.75 Å². The molecule has 0 fully saturated rings. The molecule has 0 atom stereocenters. The number of hydrogen-bond donors (Lipinski definition) is 1. The minimum Gasteiger partial charge on any atom is -0.494 e. The maximum absolute atomic E-state index is 13.0. The highest BCUT2D eigenvalue weighted by Gasteiger charge is 2.40. The first-order valence-corrected chi connectivity index (χ1v) is 9.71. The number of aryl methyl sites for hydroxylation is 1. The Morgan fingerprint density at radius 3 is 2.37 bits per heavy atom. The summed E-state index contributed by atoms with van der Waals surface area (Å²) in [6.07, 6.45) is 0. The first-order chi connectivity index (χ1) is 14.3. The molecule has 9 heteroatoms. The van der Waals surface area contributed by atoms with Crippen LogP contribution >= 0.6 is 23.2 Å². The standard InChI is InChI=1S/C21H18Cl2N2O5/c1-4-30-21(28)12-5-7-13(8-6-12)24-18-17(23)19(26)25(20(18)27)15-9-11(2)14(22)10-16(15)29-3/h5-10,24H,4H2,1-3H3. The summed E-state index contributed by atoms with van der Waals surface area (Å²) in [5, 5.41) is 3.03. The fourth-order valence-corrected chi connectivity index (χ4v) is 3.23. The number of esters is 1. The van der Waals surface area contributed by atoms with Gasteiger partial charge in [-0.25, -0.2) is 9.69 Å². The molecule has 0 aromatic heterocycles. The molecule has 2 aromatic rings. The maximum Gasteiger partial charge on any atom is 0.338 e. The van der Waals surface area contributed by atoms with Crippen molar-refractivity contribution in [2.75, 3.05) is 23.9 Å². The molecule has 0 unspecified atom stereocenters. The second kappa shape index (κ2) is 8.77. The van der Waals surface area contributed by atoms with E-state index in [1.54, 1.807) is 44.2 Å². The van der Waals surface area contributed by atoms with Crippen molar-refractivity contribution in [2.24, 2.45) is 0 Å². The Labute approximate surface area is 183 Å². The fourth-order valence-electron chi connectivity index (χ4n) is 2.86. The van der Waals surface area contributed by atoms with Gasteiger partial charge in [-0.05, 0) is 49.7 Å². The Kier molecular flexibility index (Phi) is 6.34. The van der Waals surface area contributed by atoms with E-state index in [2.05, 4.69) is 5.32 Å². The third-order valence-electron chi connectivity index (χ3n) is 4.39. The lowest BCUT2D eigenvalue weighted by Crippen LogP contribution is -2.32. The van der Waals surface area contributed by atoms with Crippen LogP contribution in [0, 0.1) is 6.92 Å². The van der Waals surface area contributed by atoms with Crippen LogP contribution in [0.25, 0.3) is 0 Å². The zero-order chi connectivity index (χ0) is 22.0. The molecular formula is C21H18Cl2N2O5. The van der Waals surface area contributed by atoms with Crippen LogP contribution in [0.3, 0.4) is 0 Å². The molecule has 0 spiro atoms. The van der Waals surface area contributed by atoms with E-state index in [9.17, 15) is 14.4 Å². The molecule has 156 valence electrons. The van der Waals surface area contributed by atoms with Gasteiger partial charge in [-0.3, -0.25) is 9.59 Å². The maximum atomic E-state index is 13.0. The van der Waals surface area contributed by atoms with Crippen molar-refractivity contribution >= 4 is 52.4 Å². The quantitative estimate of drug-likeness (QED) is 0.524. The molecule has 1 N–H and O–H groups in total. The van der Waals surface area contributed by atoms with E-state index < -0.39 is 17.8 Å². The first-order valence-electron chi connectivity index (χ1n) is 8.95. The summed E-state index contributed by atoms with van der Waals surface area (Å²) in [6, 6.07) is 9.35. The highest BCUT2D eigenvalue weighted by Crippen LogP contribution is 2.38. The van der Waals surface area contributed by atoms with Crippen LogP contribution in [0.4, 0.5) is 11.4 Å². The van der Waals surface area contributed by atoms with Crippen molar-refractivity contribution in [3.8, 4) is 5.75 Å². The second-order valence-corrected chi connectivity index (χ2v) is 7.12. The molecule has 7 nitrogen and oxygen atoms in total. The molecule has 2 amide bonds. The van der Waals surface area contributed by atoms with Crippen molar-refractivity contribution in [2.45, 2.75) is 13.8 Å². The number of methoxy groups -OCH3 is 1. The van der Waals surface area contributed by atoms with E-state index >= 15 is 0 Å². The number of carbonyl (C=O) groups is 3. The third kappa shape index (κ3) is 3.99. The SMILES string of the molecule is CCOC(=O)c1ccc(NC2=C(Cl)C(=O)N(c3cc(C)c(Cl)cc3OC)C2=O)cc1. The van der Waals surface area contributed by atoms with Gasteiger partial charge in [0.15, 0.2) is 0 Å². The lowest BCUT2D eigenvalue weighted by molar-refractivity contribution is -0.120. The van der Waals surface area contributed by atoms with Gasteiger partial charge in [-0.1, -0.05) is 23.2 Å². The summed E-state index contributed by atoms with van der Waals surface area (Å²) in [5.74, 6) is -1.52. The number of anilines is 2. The van der Waals surface area contributed by atoms with Gasteiger partial charge < -0.3 is 14.8 Å². The predicted molar refractivity (Wildman–Crippen MR) is 114 cm³/mol. The molecular weight excluding hydrogens is 431 g/mol. The summed E-state index contributed by atoms with van der Waals surface area (Å²) < 4.78 is 10.2. The molecule has 0 saturated heterocycles. The van der Waals surface area contributed by atoms with Crippen molar-refractivity contribution in [3.05, 3.63) is 63.3 Å². The Hall–Kier alpha value is -3.03. The summed E-state index contributed by atoms with van der Waals surface area (Å²) >= 11 is 12.3. The molecule has 2 aromatic carbocycles. The van der Waals surface area contributed by atoms with E-state index in [0.29, 0.717) is 21.8 Å². The fraction of sp³-hybridized carbons (Fsp3) is 0.190. The summed E-state index contributed by atoms with van der Waals surface area (Å²) in [4.78, 5) is 38.4. The minimum atomic E-state index is -0.688. The third-order valence-corrected chi connectivity index (χ3v) is 5.15. The molecule has 0 radical (unpaired) electrons. The molecule has 0 saturated carbocycles. The van der Waals surface area contributed by atoms with Crippen molar-refractivity contribution in [1.29, 1.82) is 0 Å². The Morgan fingerprint density at radius 2 is 1.77 bits per heavy atom. The predicted octanol–water partition coefficient (Wildman–Crippen LogP) is 4.27. The first kappa shape index (κ1) is 21.7. The van der Waals surface area contributed by atoms with Gasteiger partial charge in [-0.15, -0.1) is 0 Å². The number of nitrogens with zero attached hydrogens (tertiary/aromatic N) is 1. The molecule has 1 aliphatic rings. The van der Waals surface area contributed by atoms with Crippen LogP contribution in [0.15, 0.2) is 47.1 Å². The zero-order valence-corrected chi connectivity index (χ0v) is 17.9. The normalized spacial score (nSPS) is 13.7. The van der Waals surface area contributed by atoms with Gasteiger partial charge in [0.05, 0.1) is 25.0 Å². The second-order valence-electron chi connectivity index (χ2n) is 6.33. The Bertz CT molecular complexity index is 1060. The summed E-state index contributed by atoms with van der Waals surface area (Å²) in [5.41, 5.74) is 1.65. The average molecular weight is 449 g/mol. The van der Waals surface area contributed by atoms with Crippen LogP contribution in [0.1, 0.15) is 22.8 Å². The summed E-state index contributed by atoms with van der Waals surface area (Å²) in [6.45, 7) is 3.73. The van der Waals surface area contributed by atoms with E-state index in [1.807, 2.05) is 0 Å². The topological polar surface area (TPSA) is 84.9 Å². The van der Waals surface area contributed by atoms with Gasteiger partial charge in [0.25, 0.3) is 11.8 Å². The molecule has 30 heavy (non-hydrogen) atoms.